The van der Waals surface area contributed by atoms with Crippen molar-refractivity contribution in [2.45, 2.75) is 31.4 Å². The zero-order valence-electron chi connectivity index (χ0n) is 14.1. The molecule has 0 atom stereocenters. The van der Waals surface area contributed by atoms with Gasteiger partial charge in [-0.25, -0.2) is 8.42 Å². The number of sulfonamides is 1. The minimum absolute atomic E-state index is 0.0907. The highest BCUT2D eigenvalue weighted by Gasteiger charge is 2.30. The van der Waals surface area contributed by atoms with Crippen molar-refractivity contribution in [1.29, 1.82) is 0 Å². The van der Waals surface area contributed by atoms with Crippen LogP contribution in [-0.4, -0.2) is 44.2 Å². The summed E-state index contributed by atoms with van der Waals surface area (Å²) >= 11 is 0. The molecule has 0 saturated carbocycles. The maximum atomic E-state index is 12.2. The summed E-state index contributed by atoms with van der Waals surface area (Å²) in [5.41, 5.74) is 1.24. The Morgan fingerprint density at radius 3 is 2.31 bits per heavy atom. The first kappa shape index (κ1) is 20.3. The molecule has 9 heteroatoms. The van der Waals surface area contributed by atoms with Crippen LogP contribution in [0.3, 0.4) is 0 Å². The molecule has 0 bridgehead atoms. The first-order chi connectivity index (χ1) is 12.1. The maximum absolute atomic E-state index is 12.2. The predicted molar refractivity (Wildman–Crippen MR) is 93.3 cm³/mol. The summed E-state index contributed by atoms with van der Waals surface area (Å²) in [6.45, 7) is 4.72. The van der Waals surface area contributed by atoms with Crippen LogP contribution in [0.2, 0.25) is 0 Å². The van der Waals surface area contributed by atoms with Crippen molar-refractivity contribution >= 4 is 21.6 Å². The first-order valence-corrected chi connectivity index (χ1v) is 9.83. The van der Waals surface area contributed by atoms with Crippen molar-refractivity contribution in [3.63, 3.8) is 0 Å². The molecule has 2 rings (SSSR count). The lowest BCUT2D eigenvalue weighted by Gasteiger charge is -2.31. The molecule has 0 radical (unpaired) electrons. The number of carbonyl (C=O) groups excluding carboxylic acids is 1. The van der Waals surface area contributed by atoms with Crippen molar-refractivity contribution in [1.82, 2.24) is 4.90 Å². The zero-order valence-corrected chi connectivity index (χ0v) is 14.9. The number of piperidine rings is 1. The normalized spacial score (nSPS) is 16.3. The third-order valence-electron chi connectivity index (χ3n) is 4.29. The van der Waals surface area contributed by atoms with Crippen LogP contribution in [0.1, 0.15) is 30.7 Å². The third kappa shape index (κ3) is 6.05. The van der Waals surface area contributed by atoms with E-state index in [0.717, 1.165) is 18.4 Å². The highest BCUT2D eigenvalue weighted by Crippen LogP contribution is 2.29. The van der Waals surface area contributed by atoms with Crippen LogP contribution in [0, 0.1) is 0 Å². The van der Waals surface area contributed by atoms with Crippen LogP contribution in [0.25, 0.3) is 0 Å². The second-order valence-electron chi connectivity index (χ2n) is 6.21. The van der Waals surface area contributed by atoms with Crippen LogP contribution in [0.5, 0.6) is 0 Å². The van der Waals surface area contributed by atoms with Gasteiger partial charge in [0, 0.05) is 18.8 Å². The van der Waals surface area contributed by atoms with Gasteiger partial charge in [-0.05, 0) is 42.5 Å². The van der Waals surface area contributed by atoms with E-state index in [0.29, 0.717) is 13.1 Å². The van der Waals surface area contributed by atoms with Crippen LogP contribution < -0.4 is 4.72 Å². The number of benzene rings is 1. The Bertz CT molecular complexity index is 738. The van der Waals surface area contributed by atoms with Gasteiger partial charge in [-0.1, -0.05) is 18.7 Å². The summed E-state index contributed by atoms with van der Waals surface area (Å²) in [5.74, 6) is -0.847. The number of alkyl halides is 3. The molecular weight excluding hydrogens is 369 g/mol. The number of nitrogens with one attached hydrogen (secondary N) is 1. The quantitative estimate of drug-likeness (QED) is 0.758. The fraction of sp³-hybridized carbons (Fsp3) is 0.471. The van der Waals surface area contributed by atoms with Crippen LogP contribution in [0.15, 0.2) is 36.9 Å². The van der Waals surface area contributed by atoms with Gasteiger partial charge in [0.25, 0.3) is 0 Å². The molecule has 0 aliphatic carbocycles. The number of halogens is 3. The topological polar surface area (TPSA) is 66.5 Å². The molecular formula is C17H21F3N2O3S. The van der Waals surface area contributed by atoms with Gasteiger partial charge >= 0.3 is 6.18 Å². The van der Waals surface area contributed by atoms with E-state index in [-0.39, 0.29) is 17.5 Å². The number of hydrogen-bond acceptors (Lipinski definition) is 3. The molecule has 5 nitrogen and oxygen atoms in total. The fourth-order valence-corrected chi connectivity index (χ4v) is 3.96. The predicted octanol–water partition coefficient (Wildman–Crippen LogP) is 3.27. The lowest BCUT2D eigenvalue weighted by molar-refractivity contribution is -0.130. The van der Waals surface area contributed by atoms with Crippen molar-refractivity contribution in [2.75, 3.05) is 23.6 Å². The Hall–Kier alpha value is -2.03. The molecule has 1 N–H and O–H groups in total. The monoisotopic (exact) mass is 390 g/mol. The Kier molecular flexibility index (Phi) is 6.33. The van der Waals surface area contributed by atoms with Gasteiger partial charge in [0.15, 0.2) is 0 Å². The van der Waals surface area contributed by atoms with Crippen molar-refractivity contribution in [3.05, 3.63) is 42.5 Å². The SMILES string of the molecule is C=CC(=O)N1CCC(c2ccc(NS(=O)(=O)CCC(F)(F)F)cc2)CC1. The molecule has 0 spiro atoms. The summed E-state index contributed by atoms with van der Waals surface area (Å²) in [7, 11) is -4.05. The molecule has 1 aliphatic heterocycles. The second kappa shape index (κ2) is 8.11. The number of hydrogen-bond donors (Lipinski definition) is 1. The van der Waals surface area contributed by atoms with Crippen molar-refractivity contribution in [2.24, 2.45) is 0 Å². The van der Waals surface area contributed by atoms with E-state index in [1.54, 1.807) is 29.2 Å². The average Bonchev–Trinajstić information content (AvgIpc) is 2.59. The summed E-state index contributed by atoms with van der Waals surface area (Å²) in [6, 6.07) is 6.61. The maximum Gasteiger partial charge on any atom is 0.390 e. The number of anilines is 1. The number of likely N-dealkylation sites (tertiary alicyclic amines) is 1. The van der Waals surface area contributed by atoms with Crippen LogP contribution in [0.4, 0.5) is 18.9 Å². The third-order valence-corrected chi connectivity index (χ3v) is 5.58. The number of carbonyl (C=O) groups is 1. The van der Waals surface area contributed by atoms with E-state index in [1.807, 2.05) is 0 Å². The van der Waals surface area contributed by atoms with Gasteiger partial charge in [0.2, 0.25) is 15.9 Å². The van der Waals surface area contributed by atoms with Gasteiger partial charge in [-0.3, -0.25) is 9.52 Å². The van der Waals surface area contributed by atoms with E-state index in [2.05, 4.69) is 11.3 Å². The van der Waals surface area contributed by atoms with E-state index in [9.17, 15) is 26.4 Å². The molecule has 1 aromatic carbocycles. The van der Waals surface area contributed by atoms with Gasteiger partial charge in [0.1, 0.15) is 0 Å². The fourth-order valence-electron chi connectivity index (χ4n) is 2.87. The molecule has 1 saturated heterocycles. The highest BCUT2D eigenvalue weighted by atomic mass is 32.2. The molecule has 1 heterocycles. The van der Waals surface area contributed by atoms with Gasteiger partial charge < -0.3 is 4.90 Å². The smallest absolute Gasteiger partial charge is 0.339 e. The summed E-state index contributed by atoms with van der Waals surface area (Å²) in [4.78, 5) is 13.3. The second-order valence-corrected chi connectivity index (χ2v) is 8.05. The molecule has 1 aliphatic rings. The Morgan fingerprint density at radius 1 is 1.23 bits per heavy atom. The zero-order chi connectivity index (χ0) is 19.4. The Balaban J connectivity index is 1.92. The highest BCUT2D eigenvalue weighted by molar-refractivity contribution is 7.92. The molecule has 1 fully saturated rings. The summed E-state index contributed by atoms with van der Waals surface area (Å²) in [6.07, 6.45) is -3.03. The van der Waals surface area contributed by atoms with Crippen molar-refractivity contribution < 1.29 is 26.4 Å². The largest absolute Gasteiger partial charge is 0.390 e. The minimum atomic E-state index is -4.51. The Morgan fingerprint density at radius 2 is 1.81 bits per heavy atom. The van der Waals surface area contributed by atoms with E-state index < -0.39 is 28.4 Å². The van der Waals surface area contributed by atoms with E-state index in [1.165, 1.54) is 6.08 Å². The molecule has 26 heavy (non-hydrogen) atoms. The van der Waals surface area contributed by atoms with Crippen LogP contribution in [-0.2, 0) is 14.8 Å². The van der Waals surface area contributed by atoms with Gasteiger partial charge in [0.05, 0.1) is 12.2 Å². The first-order valence-electron chi connectivity index (χ1n) is 8.18. The minimum Gasteiger partial charge on any atom is -0.339 e. The van der Waals surface area contributed by atoms with Gasteiger partial charge in [-0.2, -0.15) is 13.2 Å². The summed E-state index contributed by atoms with van der Waals surface area (Å²) in [5, 5.41) is 0. The number of nitrogens with zero attached hydrogens (tertiary/aromatic N) is 1. The molecule has 144 valence electrons. The van der Waals surface area contributed by atoms with Gasteiger partial charge in [-0.15, -0.1) is 0 Å². The Labute approximate surface area is 150 Å². The van der Waals surface area contributed by atoms with Crippen molar-refractivity contribution in [3.8, 4) is 0 Å². The summed E-state index contributed by atoms with van der Waals surface area (Å²) < 4.78 is 62.1. The lowest BCUT2D eigenvalue weighted by Crippen LogP contribution is -2.36. The number of amides is 1. The molecule has 0 unspecified atom stereocenters. The van der Waals surface area contributed by atoms with Crippen LogP contribution >= 0.6 is 0 Å². The average molecular weight is 390 g/mol. The molecule has 0 aromatic heterocycles. The lowest BCUT2D eigenvalue weighted by atomic mass is 9.89. The van der Waals surface area contributed by atoms with E-state index >= 15 is 0 Å². The number of rotatable bonds is 6. The van der Waals surface area contributed by atoms with E-state index in [4.69, 9.17) is 0 Å². The molecule has 1 aromatic rings. The standard InChI is InChI=1S/C17H21F3N2O3S/c1-2-16(23)22-10-7-14(8-11-22)13-3-5-15(6-4-13)21-26(24,25)12-9-17(18,19)20/h2-6,14,21H,1,7-12H2. The molecule has 1 amide bonds.